The van der Waals surface area contributed by atoms with Crippen LogP contribution in [0.5, 0.6) is 0 Å². The molecule has 0 saturated carbocycles. The van der Waals surface area contributed by atoms with E-state index in [1.165, 1.54) is 6.07 Å². The molecule has 0 unspecified atom stereocenters. The molecule has 9 nitrogen and oxygen atoms in total. The molecule has 0 aliphatic carbocycles. The summed E-state index contributed by atoms with van der Waals surface area (Å²) in [7, 11) is 0. The van der Waals surface area contributed by atoms with Crippen molar-refractivity contribution in [2.45, 2.75) is 6.54 Å². The Labute approximate surface area is 130 Å². The Morgan fingerprint density at radius 3 is 2.13 bits per heavy atom. The van der Waals surface area contributed by atoms with E-state index in [0.717, 1.165) is 11.6 Å². The van der Waals surface area contributed by atoms with Crippen molar-refractivity contribution in [2.75, 3.05) is 5.32 Å². The summed E-state index contributed by atoms with van der Waals surface area (Å²) in [6.45, 7) is 0.231. The minimum absolute atomic E-state index is 0.0597. The Kier molecular flexibility index (Phi) is 4.50. The maximum Gasteiger partial charge on any atom is 0.369 e. The number of nitrogens with one attached hydrogen (secondary N) is 1. The zero-order valence-electron chi connectivity index (χ0n) is 11.8. The van der Waals surface area contributed by atoms with Crippen LogP contribution in [0.15, 0.2) is 42.5 Å². The zero-order chi connectivity index (χ0) is 17.0. The van der Waals surface area contributed by atoms with Gasteiger partial charge in [0.15, 0.2) is 0 Å². The molecule has 0 atom stereocenters. The van der Waals surface area contributed by atoms with Gasteiger partial charge in [-0.25, -0.2) is 0 Å². The second kappa shape index (κ2) is 6.52. The van der Waals surface area contributed by atoms with Crippen LogP contribution in [-0.4, -0.2) is 15.8 Å². The molecule has 0 heterocycles. The molecule has 0 fully saturated rings. The summed E-state index contributed by atoms with van der Waals surface area (Å²) in [4.78, 5) is 31.8. The van der Waals surface area contributed by atoms with E-state index in [-0.39, 0.29) is 12.2 Å². The van der Waals surface area contributed by atoms with E-state index in [2.05, 4.69) is 5.32 Å². The highest BCUT2D eigenvalue weighted by atomic mass is 16.6. The first-order valence-corrected chi connectivity index (χ1v) is 6.45. The fourth-order valence-electron chi connectivity index (χ4n) is 2.08. The molecule has 0 aromatic heterocycles. The normalized spacial score (nSPS) is 10.1. The molecule has 9 heteroatoms. The number of primary amides is 1. The SMILES string of the molecule is NC(=O)c1ccc(NCc2ccccc2)c([N+](=O)[O-])c1[N+](=O)[O-]. The van der Waals surface area contributed by atoms with E-state index in [4.69, 9.17) is 5.73 Å². The molecule has 3 N–H and O–H groups in total. The number of nitrogens with zero attached hydrogens (tertiary/aromatic N) is 2. The first-order valence-electron chi connectivity index (χ1n) is 6.45. The molecule has 0 radical (unpaired) electrons. The molecule has 2 aromatic carbocycles. The molecule has 2 rings (SSSR count). The topological polar surface area (TPSA) is 141 Å². The minimum Gasteiger partial charge on any atom is -0.375 e. The Bertz CT molecular complexity index is 776. The number of benzene rings is 2. The number of nitro benzene ring substituents is 2. The van der Waals surface area contributed by atoms with Crippen molar-refractivity contribution in [3.63, 3.8) is 0 Å². The van der Waals surface area contributed by atoms with Gasteiger partial charge in [0.25, 0.3) is 5.91 Å². The van der Waals surface area contributed by atoms with Gasteiger partial charge in [0.1, 0.15) is 11.3 Å². The first kappa shape index (κ1) is 15.9. The van der Waals surface area contributed by atoms with Gasteiger partial charge in [-0.3, -0.25) is 25.0 Å². The van der Waals surface area contributed by atoms with Crippen molar-refractivity contribution in [2.24, 2.45) is 5.73 Å². The van der Waals surface area contributed by atoms with E-state index >= 15 is 0 Å². The molecule has 1 amide bonds. The largest absolute Gasteiger partial charge is 0.375 e. The van der Waals surface area contributed by atoms with Crippen molar-refractivity contribution < 1.29 is 14.6 Å². The third-order valence-corrected chi connectivity index (χ3v) is 3.11. The lowest BCUT2D eigenvalue weighted by Gasteiger charge is -2.09. The summed E-state index contributed by atoms with van der Waals surface area (Å²) < 4.78 is 0. The van der Waals surface area contributed by atoms with Gasteiger partial charge in [-0.05, 0) is 17.7 Å². The molecule has 0 aliphatic rings. The van der Waals surface area contributed by atoms with Gasteiger partial charge in [-0.15, -0.1) is 0 Å². The van der Waals surface area contributed by atoms with Gasteiger partial charge in [0.2, 0.25) is 0 Å². The predicted octanol–water partition coefficient (Wildman–Crippen LogP) is 2.21. The number of rotatable bonds is 6. The minimum atomic E-state index is -1.10. The van der Waals surface area contributed by atoms with E-state index in [9.17, 15) is 25.0 Å². The fraction of sp³-hybridized carbons (Fsp3) is 0.0714. The highest BCUT2D eigenvalue weighted by Gasteiger charge is 2.34. The lowest BCUT2D eigenvalue weighted by molar-refractivity contribution is -0.422. The number of nitro groups is 2. The Morgan fingerprint density at radius 1 is 1.00 bits per heavy atom. The van der Waals surface area contributed by atoms with E-state index < -0.39 is 32.7 Å². The van der Waals surface area contributed by atoms with Gasteiger partial charge >= 0.3 is 11.4 Å². The van der Waals surface area contributed by atoms with Crippen LogP contribution >= 0.6 is 0 Å². The molecule has 0 saturated heterocycles. The zero-order valence-corrected chi connectivity index (χ0v) is 11.8. The number of carbonyl (C=O) groups excluding carboxylic acids is 1. The van der Waals surface area contributed by atoms with Crippen LogP contribution < -0.4 is 11.1 Å². The first-order chi connectivity index (χ1) is 10.9. The van der Waals surface area contributed by atoms with Gasteiger partial charge in [-0.2, -0.15) is 0 Å². The average molecular weight is 316 g/mol. The maximum atomic E-state index is 11.3. The van der Waals surface area contributed by atoms with Crippen molar-refractivity contribution in [3.8, 4) is 0 Å². The Hall–Kier alpha value is -3.49. The van der Waals surface area contributed by atoms with Crippen LogP contribution in [0.1, 0.15) is 15.9 Å². The predicted molar refractivity (Wildman–Crippen MR) is 82.0 cm³/mol. The summed E-state index contributed by atoms with van der Waals surface area (Å²) in [6.07, 6.45) is 0. The third-order valence-electron chi connectivity index (χ3n) is 3.11. The van der Waals surface area contributed by atoms with Crippen LogP contribution in [-0.2, 0) is 6.54 Å². The molecule has 0 aliphatic heterocycles. The van der Waals surface area contributed by atoms with Crippen LogP contribution in [0.2, 0.25) is 0 Å². The van der Waals surface area contributed by atoms with Gasteiger partial charge in [0, 0.05) is 6.54 Å². The summed E-state index contributed by atoms with van der Waals surface area (Å²) in [5, 5.41) is 25.2. The van der Waals surface area contributed by atoms with Gasteiger partial charge in [0.05, 0.1) is 9.85 Å². The average Bonchev–Trinajstić information content (AvgIpc) is 2.52. The van der Waals surface area contributed by atoms with E-state index in [1.807, 2.05) is 6.07 Å². The van der Waals surface area contributed by atoms with Crippen LogP contribution in [0.25, 0.3) is 0 Å². The smallest absolute Gasteiger partial charge is 0.369 e. The van der Waals surface area contributed by atoms with Gasteiger partial charge in [-0.1, -0.05) is 30.3 Å². The molecular weight excluding hydrogens is 304 g/mol. The standard InChI is InChI=1S/C14H12N4O5/c15-14(19)10-6-7-11(13(18(22)23)12(10)17(20)21)16-8-9-4-2-1-3-5-9/h1-7,16H,8H2,(H2,15,19). The molecule has 23 heavy (non-hydrogen) atoms. The summed E-state index contributed by atoms with van der Waals surface area (Å²) in [5.74, 6) is -1.10. The number of carbonyl (C=O) groups is 1. The number of hydrogen-bond donors (Lipinski definition) is 2. The maximum absolute atomic E-state index is 11.3. The van der Waals surface area contributed by atoms with Crippen molar-refractivity contribution >= 4 is 23.0 Å². The summed E-state index contributed by atoms with van der Waals surface area (Å²) in [6, 6.07) is 11.3. The molecule has 0 bridgehead atoms. The highest BCUT2D eigenvalue weighted by Crippen LogP contribution is 2.37. The van der Waals surface area contributed by atoms with Crippen molar-refractivity contribution in [3.05, 3.63) is 73.8 Å². The van der Waals surface area contributed by atoms with E-state index in [1.54, 1.807) is 24.3 Å². The lowest BCUT2D eigenvalue weighted by atomic mass is 10.1. The van der Waals surface area contributed by atoms with Crippen LogP contribution in [0.3, 0.4) is 0 Å². The highest BCUT2D eigenvalue weighted by molar-refractivity contribution is 6.00. The van der Waals surface area contributed by atoms with Crippen molar-refractivity contribution in [1.82, 2.24) is 0 Å². The van der Waals surface area contributed by atoms with E-state index in [0.29, 0.717) is 0 Å². The molecule has 2 aromatic rings. The quantitative estimate of drug-likeness (QED) is 0.618. The number of hydrogen-bond acceptors (Lipinski definition) is 6. The molecular formula is C14H12N4O5. The third kappa shape index (κ3) is 3.40. The Morgan fingerprint density at radius 2 is 1.61 bits per heavy atom. The Balaban J connectivity index is 2.47. The molecule has 0 spiro atoms. The summed E-state index contributed by atoms with van der Waals surface area (Å²) in [5.41, 5.74) is 3.61. The second-order valence-corrected chi connectivity index (χ2v) is 4.58. The van der Waals surface area contributed by atoms with Crippen molar-refractivity contribution in [1.29, 1.82) is 0 Å². The second-order valence-electron chi connectivity index (χ2n) is 4.58. The molecule has 118 valence electrons. The number of anilines is 1. The monoisotopic (exact) mass is 316 g/mol. The number of amides is 1. The number of nitrogens with two attached hydrogens (primary N) is 1. The van der Waals surface area contributed by atoms with Crippen LogP contribution in [0.4, 0.5) is 17.1 Å². The fourth-order valence-corrected chi connectivity index (χ4v) is 2.08. The summed E-state index contributed by atoms with van der Waals surface area (Å²) >= 11 is 0. The lowest BCUT2D eigenvalue weighted by Crippen LogP contribution is -2.15. The van der Waals surface area contributed by atoms with Crippen LogP contribution in [0, 0.1) is 20.2 Å². The van der Waals surface area contributed by atoms with Gasteiger partial charge < -0.3 is 11.1 Å².